The molecule has 0 aromatic rings. The molecule has 1 atom stereocenters. The Hall–Kier alpha value is -0.770. The Bertz CT molecular complexity index is 153. The van der Waals surface area contributed by atoms with E-state index in [4.69, 9.17) is 5.73 Å². The van der Waals surface area contributed by atoms with E-state index in [1.165, 1.54) is 7.11 Å². The van der Waals surface area contributed by atoms with Crippen LogP contribution in [-0.2, 0) is 4.74 Å². The molecule has 1 rings (SSSR count). The van der Waals surface area contributed by atoms with Crippen molar-refractivity contribution in [2.24, 2.45) is 11.7 Å². The number of methoxy groups -OCH3 is 1. The van der Waals surface area contributed by atoms with E-state index in [2.05, 4.69) is 4.74 Å². The van der Waals surface area contributed by atoms with Crippen LogP contribution in [0.3, 0.4) is 0 Å². The van der Waals surface area contributed by atoms with Crippen LogP contribution in [0, 0.1) is 5.92 Å². The van der Waals surface area contributed by atoms with Gasteiger partial charge in [-0.15, -0.1) is 0 Å². The number of nitrogens with zero attached hydrogens (tertiary/aromatic N) is 1. The van der Waals surface area contributed by atoms with Gasteiger partial charge < -0.3 is 15.4 Å². The number of amides is 1. The van der Waals surface area contributed by atoms with Gasteiger partial charge in [-0.05, 0) is 6.92 Å². The lowest BCUT2D eigenvalue weighted by atomic mass is 9.94. The van der Waals surface area contributed by atoms with Crippen molar-refractivity contribution in [3.8, 4) is 0 Å². The zero-order valence-electron chi connectivity index (χ0n) is 6.91. The van der Waals surface area contributed by atoms with Crippen LogP contribution in [0.4, 0.5) is 4.79 Å². The topological polar surface area (TPSA) is 55.6 Å². The quantitative estimate of drug-likeness (QED) is 0.586. The van der Waals surface area contributed by atoms with Gasteiger partial charge in [-0.1, -0.05) is 0 Å². The minimum absolute atomic E-state index is 0.177. The van der Waals surface area contributed by atoms with E-state index in [1.54, 1.807) is 4.90 Å². The number of carbonyl (C=O) groups is 1. The van der Waals surface area contributed by atoms with Crippen LogP contribution in [0.1, 0.15) is 6.92 Å². The van der Waals surface area contributed by atoms with Crippen LogP contribution in [-0.4, -0.2) is 37.2 Å². The second kappa shape index (κ2) is 3.09. The molecule has 0 aromatic carbocycles. The molecule has 0 radical (unpaired) electrons. The normalized spacial score (nSPS) is 20.8. The summed E-state index contributed by atoms with van der Waals surface area (Å²) in [5.41, 5.74) is 5.62. The van der Waals surface area contributed by atoms with E-state index < -0.39 is 0 Å². The summed E-state index contributed by atoms with van der Waals surface area (Å²) in [4.78, 5) is 12.5. The minimum Gasteiger partial charge on any atom is -0.453 e. The first kappa shape index (κ1) is 8.33. The van der Waals surface area contributed by atoms with Gasteiger partial charge in [0.25, 0.3) is 0 Å². The summed E-state index contributed by atoms with van der Waals surface area (Å²) in [5, 5.41) is 0. The summed E-state index contributed by atoms with van der Waals surface area (Å²) in [5.74, 6) is 0.453. The third kappa shape index (κ3) is 1.63. The first-order valence-corrected chi connectivity index (χ1v) is 3.73. The fourth-order valence-corrected chi connectivity index (χ4v) is 1.12. The van der Waals surface area contributed by atoms with Gasteiger partial charge in [-0.25, -0.2) is 4.79 Å². The molecular weight excluding hydrogens is 144 g/mol. The van der Waals surface area contributed by atoms with E-state index in [0.29, 0.717) is 5.92 Å². The molecule has 1 saturated heterocycles. The number of hydrogen-bond acceptors (Lipinski definition) is 3. The molecule has 4 heteroatoms. The molecule has 1 unspecified atom stereocenters. The van der Waals surface area contributed by atoms with E-state index in [1.807, 2.05) is 6.92 Å². The van der Waals surface area contributed by atoms with Gasteiger partial charge in [0.1, 0.15) is 0 Å². The highest BCUT2D eigenvalue weighted by atomic mass is 16.5. The highest BCUT2D eigenvalue weighted by Crippen LogP contribution is 2.18. The molecule has 0 saturated carbocycles. The summed E-state index contributed by atoms with van der Waals surface area (Å²) >= 11 is 0. The average Bonchev–Trinajstić information content (AvgIpc) is 1.83. The smallest absolute Gasteiger partial charge is 0.409 e. The van der Waals surface area contributed by atoms with Gasteiger partial charge >= 0.3 is 6.09 Å². The summed E-state index contributed by atoms with van der Waals surface area (Å²) < 4.78 is 4.53. The van der Waals surface area contributed by atoms with Gasteiger partial charge in [-0.2, -0.15) is 0 Å². The number of likely N-dealkylation sites (tertiary alicyclic amines) is 1. The highest BCUT2D eigenvalue weighted by Gasteiger charge is 2.33. The average molecular weight is 158 g/mol. The van der Waals surface area contributed by atoms with Crippen molar-refractivity contribution < 1.29 is 9.53 Å². The van der Waals surface area contributed by atoms with Crippen LogP contribution < -0.4 is 5.73 Å². The lowest BCUT2D eigenvalue weighted by molar-refractivity contribution is 0.0607. The number of carbonyl (C=O) groups excluding carboxylic acids is 1. The third-order valence-corrected chi connectivity index (χ3v) is 2.09. The van der Waals surface area contributed by atoms with Crippen LogP contribution in [0.25, 0.3) is 0 Å². The first-order valence-electron chi connectivity index (χ1n) is 3.73. The summed E-state index contributed by atoms with van der Waals surface area (Å²) in [6.45, 7) is 3.44. The molecule has 0 aromatic heterocycles. The van der Waals surface area contributed by atoms with Crippen molar-refractivity contribution in [2.75, 3.05) is 20.2 Å². The van der Waals surface area contributed by atoms with E-state index in [0.717, 1.165) is 13.1 Å². The van der Waals surface area contributed by atoms with Crippen LogP contribution in [0.5, 0.6) is 0 Å². The van der Waals surface area contributed by atoms with Crippen molar-refractivity contribution >= 4 is 6.09 Å². The third-order valence-electron chi connectivity index (χ3n) is 2.09. The minimum atomic E-state index is -0.248. The van der Waals surface area contributed by atoms with Crippen LogP contribution >= 0.6 is 0 Å². The molecular formula is C7H14N2O2. The fourth-order valence-electron chi connectivity index (χ4n) is 1.12. The molecule has 0 bridgehead atoms. The Morgan fingerprint density at radius 1 is 1.73 bits per heavy atom. The Morgan fingerprint density at radius 3 is 2.64 bits per heavy atom. The molecule has 1 heterocycles. The summed E-state index contributed by atoms with van der Waals surface area (Å²) in [7, 11) is 1.39. The highest BCUT2D eigenvalue weighted by molar-refractivity contribution is 5.68. The summed E-state index contributed by atoms with van der Waals surface area (Å²) in [6, 6.07) is 0.177. The molecule has 2 N–H and O–H groups in total. The Morgan fingerprint density at radius 2 is 2.27 bits per heavy atom. The molecule has 0 aliphatic carbocycles. The van der Waals surface area contributed by atoms with Gasteiger partial charge in [0.15, 0.2) is 0 Å². The van der Waals surface area contributed by atoms with E-state index in [-0.39, 0.29) is 12.1 Å². The van der Waals surface area contributed by atoms with Gasteiger partial charge in [0.05, 0.1) is 7.11 Å². The number of rotatable bonds is 1. The number of ether oxygens (including phenoxy) is 1. The summed E-state index contributed by atoms with van der Waals surface area (Å²) in [6.07, 6.45) is -0.248. The molecule has 1 amide bonds. The SMILES string of the molecule is COC(=O)N1CC(C(C)N)C1. The first-order chi connectivity index (χ1) is 5.15. The maximum atomic E-state index is 10.8. The maximum Gasteiger partial charge on any atom is 0.409 e. The second-order valence-corrected chi connectivity index (χ2v) is 2.99. The largest absolute Gasteiger partial charge is 0.453 e. The Balaban J connectivity index is 2.24. The lowest BCUT2D eigenvalue weighted by Gasteiger charge is -2.39. The van der Waals surface area contributed by atoms with E-state index in [9.17, 15) is 4.79 Å². The predicted octanol–water partition coefficient (Wildman–Crippen LogP) is 0.0318. The zero-order chi connectivity index (χ0) is 8.43. The standard InChI is InChI=1S/C7H14N2O2/c1-5(8)6-3-9(4-6)7(10)11-2/h5-6H,3-4,8H2,1-2H3. The molecule has 1 fully saturated rings. The van der Waals surface area contributed by atoms with Crippen LogP contribution in [0.2, 0.25) is 0 Å². The number of hydrogen-bond donors (Lipinski definition) is 1. The molecule has 1 aliphatic heterocycles. The van der Waals surface area contributed by atoms with Crippen molar-refractivity contribution in [1.82, 2.24) is 4.90 Å². The molecule has 4 nitrogen and oxygen atoms in total. The fraction of sp³-hybridized carbons (Fsp3) is 0.857. The van der Waals surface area contributed by atoms with Crippen molar-refractivity contribution in [2.45, 2.75) is 13.0 Å². The molecule has 11 heavy (non-hydrogen) atoms. The van der Waals surface area contributed by atoms with E-state index >= 15 is 0 Å². The van der Waals surface area contributed by atoms with Gasteiger partial charge in [0.2, 0.25) is 0 Å². The van der Waals surface area contributed by atoms with Gasteiger partial charge in [-0.3, -0.25) is 0 Å². The Kier molecular flexibility index (Phi) is 2.34. The van der Waals surface area contributed by atoms with Crippen LogP contribution in [0.15, 0.2) is 0 Å². The molecule has 0 spiro atoms. The molecule has 1 aliphatic rings. The van der Waals surface area contributed by atoms with Gasteiger partial charge in [0, 0.05) is 25.0 Å². The van der Waals surface area contributed by atoms with Crippen molar-refractivity contribution in [3.05, 3.63) is 0 Å². The maximum absolute atomic E-state index is 10.8. The lowest BCUT2D eigenvalue weighted by Crippen LogP contribution is -2.55. The monoisotopic (exact) mass is 158 g/mol. The van der Waals surface area contributed by atoms with Crippen molar-refractivity contribution in [3.63, 3.8) is 0 Å². The molecule has 64 valence electrons. The second-order valence-electron chi connectivity index (χ2n) is 2.99. The Labute approximate surface area is 66.3 Å². The zero-order valence-corrected chi connectivity index (χ0v) is 6.91. The predicted molar refractivity (Wildman–Crippen MR) is 41.1 cm³/mol. The number of nitrogens with two attached hydrogens (primary N) is 1. The van der Waals surface area contributed by atoms with Crippen molar-refractivity contribution in [1.29, 1.82) is 0 Å².